The van der Waals surface area contributed by atoms with Crippen LogP contribution < -0.4 is 0 Å². The summed E-state index contributed by atoms with van der Waals surface area (Å²) >= 11 is 3.88. The summed E-state index contributed by atoms with van der Waals surface area (Å²) in [5.41, 5.74) is 1.24. The fourth-order valence-corrected chi connectivity index (χ4v) is 4.03. The molecule has 2 rings (SSSR count). The molecule has 1 saturated heterocycles. The van der Waals surface area contributed by atoms with Crippen molar-refractivity contribution in [3.63, 3.8) is 0 Å². The average Bonchev–Trinajstić information content (AvgIpc) is 2.58. The molecule has 1 aliphatic rings. The van der Waals surface area contributed by atoms with Gasteiger partial charge in [-0.15, -0.1) is 23.5 Å². The summed E-state index contributed by atoms with van der Waals surface area (Å²) in [4.78, 5) is 0. The number of hydrogen-bond donors (Lipinski definition) is 0. The van der Waals surface area contributed by atoms with Crippen molar-refractivity contribution in [1.82, 2.24) is 0 Å². The van der Waals surface area contributed by atoms with Crippen molar-refractivity contribution in [1.29, 1.82) is 0 Å². The molecule has 0 spiro atoms. The van der Waals surface area contributed by atoms with E-state index in [0.717, 1.165) is 0 Å². The Balaban J connectivity index is 2.17. The topological polar surface area (TPSA) is 0 Å². The molecule has 1 aromatic rings. The predicted molar refractivity (Wildman–Crippen MR) is 54.1 cm³/mol. The van der Waals surface area contributed by atoms with Gasteiger partial charge in [-0.3, -0.25) is 0 Å². The molecule has 0 aliphatic carbocycles. The van der Waals surface area contributed by atoms with E-state index in [1.54, 1.807) is 0 Å². The van der Waals surface area contributed by atoms with Crippen LogP contribution in [-0.2, 0) is 0 Å². The van der Waals surface area contributed by atoms with E-state index in [1.165, 1.54) is 29.2 Å². The first-order chi connectivity index (χ1) is 5.86. The SMILES string of the molecule is Fc1ccc(C2SCCS2)cc1. The third kappa shape index (κ3) is 1.77. The number of thioether (sulfide) groups is 2. The summed E-state index contributed by atoms with van der Waals surface area (Å²) in [6.45, 7) is 0. The van der Waals surface area contributed by atoms with E-state index < -0.39 is 0 Å². The van der Waals surface area contributed by atoms with Crippen LogP contribution in [0, 0.1) is 5.82 Å². The molecule has 12 heavy (non-hydrogen) atoms. The van der Waals surface area contributed by atoms with Crippen LogP contribution in [0.25, 0.3) is 0 Å². The van der Waals surface area contributed by atoms with Crippen LogP contribution in [0.2, 0.25) is 0 Å². The van der Waals surface area contributed by atoms with Crippen molar-refractivity contribution in [3.05, 3.63) is 35.6 Å². The molecule has 1 fully saturated rings. The smallest absolute Gasteiger partial charge is 0.123 e. The lowest BCUT2D eigenvalue weighted by Gasteiger charge is -2.06. The van der Waals surface area contributed by atoms with Crippen molar-refractivity contribution in [2.24, 2.45) is 0 Å². The first kappa shape index (κ1) is 8.45. The molecule has 64 valence electrons. The zero-order valence-electron chi connectivity index (χ0n) is 6.50. The summed E-state index contributed by atoms with van der Waals surface area (Å²) in [5, 5.41) is 0. The van der Waals surface area contributed by atoms with Gasteiger partial charge in [0, 0.05) is 11.5 Å². The minimum absolute atomic E-state index is 0.147. The number of benzene rings is 1. The zero-order valence-corrected chi connectivity index (χ0v) is 8.13. The van der Waals surface area contributed by atoms with Crippen molar-refractivity contribution in [2.75, 3.05) is 11.5 Å². The molecular weight excluding hydrogens is 191 g/mol. The molecule has 0 aromatic heterocycles. The third-order valence-electron chi connectivity index (χ3n) is 1.76. The van der Waals surface area contributed by atoms with Gasteiger partial charge in [-0.05, 0) is 17.7 Å². The summed E-state index contributed by atoms with van der Waals surface area (Å²) in [6.07, 6.45) is 0. The average molecular weight is 200 g/mol. The minimum Gasteiger partial charge on any atom is -0.207 e. The van der Waals surface area contributed by atoms with Gasteiger partial charge in [-0.25, -0.2) is 4.39 Å². The Morgan fingerprint density at radius 2 is 1.67 bits per heavy atom. The first-order valence-corrected chi connectivity index (χ1v) is 5.95. The maximum absolute atomic E-state index is 12.6. The van der Waals surface area contributed by atoms with E-state index >= 15 is 0 Å². The van der Waals surface area contributed by atoms with E-state index in [2.05, 4.69) is 0 Å². The highest BCUT2D eigenvalue weighted by atomic mass is 32.2. The normalized spacial score (nSPS) is 18.4. The summed E-state index contributed by atoms with van der Waals surface area (Å²) in [7, 11) is 0. The van der Waals surface area contributed by atoms with Gasteiger partial charge < -0.3 is 0 Å². The van der Waals surface area contributed by atoms with E-state index in [0.29, 0.717) is 4.58 Å². The van der Waals surface area contributed by atoms with Crippen molar-refractivity contribution < 1.29 is 4.39 Å². The van der Waals surface area contributed by atoms with Crippen LogP contribution in [0.15, 0.2) is 24.3 Å². The first-order valence-electron chi connectivity index (χ1n) is 3.85. The lowest BCUT2D eigenvalue weighted by Crippen LogP contribution is -1.84. The molecule has 0 nitrogen and oxygen atoms in total. The van der Waals surface area contributed by atoms with Crippen LogP contribution in [0.3, 0.4) is 0 Å². The second kappa shape index (κ2) is 3.71. The summed E-state index contributed by atoms with van der Waals surface area (Å²) < 4.78 is 13.1. The van der Waals surface area contributed by atoms with Crippen LogP contribution >= 0.6 is 23.5 Å². The van der Waals surface area contributed by atoms with Crippen LogP contribution in [0.4, 0.5) is 4.39 Å². The molecule has 0 atom stereocenters. The molecule has 0 bridgehead atoms. The van der Waals surface area contributed by atoms with Gasteiger partial charge in [-0.2, -0.15) is 0 Å². The molecule has 0 amide bonds. The van der Waals surface area contributed by atoms with Gasteiger partial charge in [0.2, 0.25) is 0 Å². The lowest BCUT2D eigenvalue weighted by molar-refractivity contribution is 0.627. The Labute approximate surface area is 79.9 Å². The quantitative estimate of drug-likeness (QED) is 0.682. The second-order valence-electron chi connectivity index (χ2n) is 2.63. The minimum atomic E-state index is -0.147. The largest absolute Gasteiger partial charge is 0.207 e. The highest BCUT2D eigenvalue weighted by molar-refractivity contribution is 8.19. The molecule has 3 heteroatoms. The van der Waals surface area contributed by atoms with Crippen LogP contribution in [0.5, 0.6) is 0 Å². The van der Waals surface area contributed by atoms with Gasteiger partial charge in [0.25, 0.3) is 0 Å². The molecule has 0 N–H and O–H groups in total. The van der Waals surface area contributed by atoms with E-state index in [-0.39, 0.29) is 5.82 Å². The van der Waals surface area contributed by atoms with Gasteiger partial charge in [0.05, 0.1) is 4.58 Å². The van der Waals surface area contributed by atoms with Gasteiger partial charge >= 0.3 is 0 Å². The van der Waals surface area contributed by atoms with Gasteiger partial charge in [-0.1, -0.05) is 12.1 Å². The molecule has 1 aliphatic heterocycles. The van der Waals surface area contributed by atoms with Crippen molar-refractivity contribution in [3.8, 4) is 0 Å². The Bertz CT molecular complexity index is 252. The Hall–Kier alpha value is -0.150. The number of halogens is 1. The molecule has 1 aromatic carbocycles. The monoisotopic (exact) mass is 200 g/mol. The highest BCUT2D eigenvalue weighted by Gasteiger charge is 2.17. The lowest BCUT2D eigenvalue weighted by atomic mass is 10.2. The fourth-order valence-electron chi connectivity index (χ4n) is 1.17. The zero-order chi connectivity index (χ0) is 8.39. The third-order valence-corrected chi connectivity index (χ3v) is 4.87. The van der Waals surface area contributed by atoms with E-state index in [4.69, 9.17) is 0 Å². The van der Waals surface area contributed by atoms with Gasteiger partial charge in [0.1, 0.15) is 5.82 Å². The number of rotatable bonds is 1. The molecule has 0 radical (unpaired) electrons. The molecule has 0 saturated carbocycles. The Morgan fingerprint density at radius 3 is 2.25 bits per heavy atom. The predicted octanol–water partition coefficient (Wildman–Crippen LogP) is 3.30. The van der Waals surface area contributed by atoms with Crippen molar-refractivity contribution in [2.45, 2.75) is 4.58 Å². The number of hydrogen-bond acceptors (Lipinski definition) is 2. The maximum Gasteiger partial charge on any atom is 0.123 e. The van der Waals surface area contributed by atoms with Crippen molar-refractivity contribution >= 4 is 23.5 Å². The maximum atomic E-state index is 12.6. The molecule has 1 heterocycles. The molecular formula is C9H9FS2. The van der Waals surface area contributed by atoms with Gasteiger partial charge in [0.15, 0.2) is 0 Å². The summed E-state index contributed by atoms with van der Waals surface area (Å²) in [6, 6.07) is 6.83. The van der Waals surface area contributed by atoms with E-state index in [1.807, 2.05) is 35.7 Å². The second-order valence-corrected chi connectivity index (χ2v) is 5.35. The van der Waals surface area contributed by atoms with E-state index in [9.17, 15) is 4.39 Å². The Morgan fingerprint density at radius 1 is 1.08 bits per heavy atom. The van der Waals surface area contributed by atoms with Crippen LogP contribution in [0.1, 0.15) is 10.1 Å². The Kier molecular flexibility index (Phi) is 2.61. The summed E-state index contributed by atoms with van der Waals surface area (Å²) in [5.74, 6) is 2.28. The van der Waals surface area contributed by atoms with Crippen LogP contribution in [-0.4, -0.2) is 11.5 Å². The fraction of sp³-hybridized carbons (Fsp3) is 0.333. The molecule has 0 unspecified atom stereocenters. The highest BCUT2D eigenvalue weighted by Crippen LogP contribution is 2.44. The standard InChI is InChI=1S/C9H9FS2/c10-8-3-1-7(2-4-8)9-11-5-6-12-9/h1-4,9H,5-6H2.